The van der Waals surface area contributed by atoms with E-state index >= 15 is 0 Å². The first-order valence-electron chi connectivity index (χ1n) is 10.7. The molecule has 2 aromatic carbocycles. The van der Waals surface area contributed by atoms with E-state index in [1.807, 2.05) is 6.07 Å². The number of fused-ring (bicyclic) bond motifs is 12. The Bertz CT molecular complexity index is 1130. The maximum Gasteiger partial charge on any atom is 0.339 e. The lowest BCUT2D eigenvalue weighted by Gasteiger charge is -2.46. The summed E-state index contributed by atoms with van der Waals surface area (Å²) in [6, 6.07) is 11.4. The summed E-state index contributed by atoms with van der Waals surface area (Å²) >= 11 is 0. The van der Waals surface area contributed by atoms with Gasteiger partial charge < -0.3 is 4.74 Å². The van der Waals surface area contributed by atoms with Gasteiger partial charge in [-0.05, 0) is 48.6 Å². The van der Waals surface area contributed by atoms with E-state index in [0.29, 0.717) is 11.8 Å². The molecule has 0 heterocycles. The van der Waals surface area contributed by atoms with Gasteiger partial charge in [0.2, 0.25) is 0 Å². The highest BCUT2D eigenvalue weighted by Gasteiger charge is 2.72. The molecule has 158 valence electrons. The molecule has 0 radical (unpaired) electrons. The number of nitrogens with zero attached hydrogens (tertiary/aromatic N) is 2. The summed E-state index contributed by atoms with van der Waals surface area (Å²) in [6.07, 6.45) is 4.14. The van der Waals surface area contributed by atoms with Crippen LogP contribution >= 0.6 is 0 Å². The Labute approximate surface area is 177 Å². The zero-order chi connectivity index (χ0) is 21.5. The first kappa shape index (κ1) is 18.5. The van der Waals surface area contributed by atoms with Crippen molar-refractivity contribution >= 4 is 17.3 Å². The van der Waals surface area contributed by atoms with E-state index in [-0.39, 0.29) is 23.3 Å². The Morgan fingerprint density at radius 2 is 1.65 bits per heavy atom. The van der Waals surface area contributed by atoms with Crippen molar-refractivity contribution in [2.45, 2.75) is 43.1 Å². The number of ether oxygens (including phenoxy) is 1. The van der Waals surface area contributed by atoms with Crippen LogP contribution in [-0.4, -0.2) is 21.4 Å². The number of hydrogen-bond acceptors (Lipinski definition) is 6. The maximum absolute atomic E-state index is 13.3. The zero-order valence-corrected chi connectivity index (χ0v) is 16.6. The fraction of sp³-hybridized carbons (Fsp3) is 0.435. The fourth-order valence-electron chi connectivity index (χ4n) is 7.36. The number of hydrogen-bond donors (Lipinski definition) is 0. The Morgan fingerprint density at radius 3 is 2.32 bits per heavy atom. The molecule has 4 bridgehead atoms. The Hall–Kier alpha value is -3.29. The van der Waals surface area contributed by atoms with Gasteiger partial charge in [-0.1, -0.05) is 24.3 Å². The number of nitro benzene ring substituents is 2. The standard InChI is InChI=1S/C23H20N2O6/c26-22(13-8-15(24(27)28)10-16(9-13)25(29)30)31-23-14-6-5-12(7-14)21(23)19-11-20(23)18-4-2-1-3-17(18)19/h1-4,8-10,12,14,19-21H,5-7,11H2/t12-,14-,19-,20-,21+,23-/m0/s1. The van der Waals surface area contributed by atoms with Gasteiger partial charge in [-0.2, -0.15) is 0 Å². The minimum absolute atomic E-state index is 0.117. The fourth-order valence-corrected chi connectivity index (χ4v) is 7.36. The molecule has 4 aliphatic rings. The van der Waals surface area contributed by atoms with Crippen LogP contribution in [0.5, 0.6) is 0 Å². The molecule has 6 atom stereocenters. The lowest BCUT2D eigenvalue weighted by molar-refractivity contribution is -0.394. The van der Waals surface area contributed by atoms with Crippen LogP contribution in [0.25, 0.3) is 0 Å². The summed E-state index contributed by atoms with van der Waals surface area (Å²) in [6.45, 7) is 0. The number of rotatable bonds is 4. The van der Waals surface area contributed by atoms with Crippen molar-refractivity contribution < 1.29 is 19.4 Å². The van der Waals surface area contributed by atoms with Crippen LogP contribution in [0.1, 0.15) is 59.0 Å². The molecule has 0 aromatic heterocycles. The van der Waals surface area contributed by atoms with E-state index in [0.717, 1.165) is 43.9 Å². The quantitative estimate of drug-likeness (QED) is 0.306. The normalized spacial score (nSPS) is 33.7. The van der Waals surface area contributed by atoms with Crippen LogP contribution in [0.15, 0.2) is 42.5 Å². The summed E-state index contributed by atoms with van der Waals surface area (Å²) in [4.78, 5) is 34.3. The molecule has 8 nitrogen and oxygen atoms in total. The van der Waals surface area contributed by atoms with Crippen LogP contribution in [0, 0.1) is 38.0 Å². The lowest BCUT2D eigenvalue weighted by Crippen LogP contribution is -2.50. The molecule has 3 fully saturated rings. The molecule has 0 aliphatic heterocycles. The van der Waals surface area contributed by atoms with Crippen LogP contribution in [-0.2, 0) is 4.74 Å². The van der Waals surface area contributed by atoms with Crippen molar-refractivity contribution in [1.29, 1.82) is 0 Å². The highest BCUT2D eigenvalue weighted by molar-refractivity contribution is 5.91. The Kier molecular flexibility index (Phi) is 3.65. The third-order valence-electron chi connectivity index (χ3n) is 8.21. The van der Waals surface area contributed by atoms with Crippen LogP contribution in [0.4, 0.5) is 11.4 Å². The first-order valence-corrected chi connectivity index (χ1v) is 10.7. The predicted octanol–water partition coefficient (Wildman–Crippen LogP) is 4.73. The SMILES string of the molecule is O=C(O[C@]12[C@H]3CC[C@@H](C3)[C@@H]1[C@H]1C[C@H]2c2ccccc21)c1cc([N+](=O)[O-])cc([N+](=O)[O-])c1. The van der Waals surface area contributed by atoms with Gasteiger partial charge in [-0.15, -0.1) is 0 Å². The zero-order valence-electron chi connectivity index (χ0n) is 16.6. The van der Waals surface area contributed by atoms with Gasteiger partial charge >= 0.3 is 5.97 Å². The largest absolute Gasteiger partial charge is 0.454 e. The second-order valence-electron chi connectivity index (χ2n) is 9.31. The van der Waals surface area contributed by atoms with E-state index in [4.69, 9.17) is 4.74 Å². The van der Waals surface area contributed by atoms with Gasteiger partial charge in [-0.3, -0.25) is 20.2 Å². The molecule has 0 saturated heterocycles. The molecular weight excluding hydrogens is 400 g/mol. The summed E-state index contributed by atoms with van der Waals surface area (Å²) in [5, 5.41) is 22.5. The number of benzene rings is 2. The lowest BCUT2D eigenvalue weighted by atomic mass is 9.65. The van der Waals surface area contributed by atoms with E-state index in [2.05, 4.69) is 18.2 Å². The number of non-ortho nitro benzene ring substituents is 2. The van der Waals surface area contributed by atoms with E-state index in [9.17, 15) is 25.0 Å². The van der Waals surface area contributed by atoms with Crippen molar-refractivity contribution in [3.8, 4) is 0 Å². The summed E-state index contributed by atoms with van der Waals surface area (Å²) in [5.41, 5.74) is 0.894. The van der Waals surface area contributed by atoms with Crippen molar-refractivity contribution in [3.05, 3.63) is 79.4 Å². The van der Waals surface area contributed by atoms with Crippen LogP contribution in [0.2, 0.25) is 0 Å². The van der Waals surface area contributed by atoms with Crippen molar-refractivity contribution in [2.24, 2.45) is 17.8 Å². The molecule has 0 amide bonds. The molecule has 3 saturated carbocycles. The number of carbonyl (C=O) groups excluding carboxylic acids is 1. The van der Waals surface area contributed by atoms with Crippen molar-refractivity contribution in [2.75, 3.05) is 0 Å². The Morgan fingerprint density at radius 1 is 0.968 bits per heavy atom. The summed E-state index contributed by atoms with van der Waals surface area (Å²) < 4.78 is 6.32. The topological polar surface area (TPSA) is 113 Å². The molecule has 31 heavy (non-hydrogen) atoms. The number of carbonyl (C=O) groups is 1. The van der Waals surface area contributed by atoms with E-state index < -0.39 is 32.8 Å². The van der Waals surface area contributed by atoms with Gasteiger partial charge in [0.15, 0.2) is 0 Å². The molecule has 0 spiro atoms. The van der Waals surface area contributed by atoms with Crippen molar-refractivity contribution in [3.63, 3.8) is 0 Å². The van der Waals surface area contributed by atoms with Gasteiger partial charge in [0.1, 0.15) is 5.60 Å². The van der Waals surface area contributed by atoms with Crippen molar-refractivity contribution in [1.82, 2.24) is 0 Å². The van der Waals surface area contributed by atoms with E-state index in [1.165, 1.54) is 11.1 Å². The first-order chi connectivity index (χ1) is 14.9. The highest BCUT2D eigenvalue weighted by Crippen LogP contribution is 2.74. The third kappa shape index (κ3) is 2.33. The average Bonchev–Trinajstić information content (AvgIpc) is 3.51. The number of nitro groups is 2. The minimum Gasteiger partial charge on any atom is -0.454 e. The molecular formula is C23H20N2O6. The maximum atomic E-state index is 13.3. The van der Waals surface area contributed by atoms with Gasteiger partial charge in [0.25, 0.3) is 11.4 Å². The smallest absolute Gasteiger partial charge is 0.339 e. The van der Waals surface area contributed by atoms with Gasteiger partial charge in [0.05, 0.1) is 21.5 Å². The summed E-state index contributed by atoms with van der Waals surface area (Å²) in [5.74, 6) is 0.817. The number of esters is 1. The van der Waals surface area contributed by atoms with Crippen LogP contribution < -0.4 is 0 Å². The van der Waals surface area contributed by atoms with Gasteiger partial charge in [-0.25, -0.2) is 4.79 Å². The second-order valence-corrected chi connectivity index (χ2v) is 9.31. The molecule has 2 aromatic rings. The second kappa shape index (κ2) is 6.12. The molecule has 4 aliphatic carbocycles. The Balaban J connectivity index is 1.42. The minimum atomic E-state index is -0.726. The monoisotopic (exact) mass is 420 g/mol. The van der Waals surface area contributed by atoms with E-state index in [1.54, 1.807) is 0 Å². The summed E-state index contributed by atoms with van der Waals surface area (Å²) in [7, 11) is 0. The van der Waals surface area contributed by atoms with Crippen LogP contribution in [0.3, 0.4) is 0 Å². The molecule has 0 unspecified atom stereocenters. The predicted molar refractivity (Wildman–Crippen MR) is 109 cm³/mol. The third-order valence-corrected chi connectivity index (χ3v) is 8.21. The molecule has 6 rings (SSSR count). The highest BCUT2D eigenvalue weighted by atomic mass is 16.6. The molecule has 8 heteroatoms. The average molecular weight is 420 g/mol. The van der Waals surface area contributed by atoms with Gasteiger partial charge in [0, 0.05) is 29.9 Å². The molecule has 0 N–H and O–H groups in total.